The van der Waals surface area contributed by atoms with Crippen molar-refractivity contribution >= 4 is 27.9 Å². The van der Waals surface area contributed by atoms with Crippen LogP contribution in [-0.4, -0.2) is 54.8 Å². The normalized spacial score (nSPS) is 12.3. The van der Waals surface area contributed by atoms with Crippen LogP contribution in [0.4, 0.5) is 0 Å². The van der Waals surface area contributed by atoms with E-state index in [9.17, 15) is 18.0 Å². The summed E-state index contributed by atoms with van der Waals surface area (Å²) in [4.78, 5) is 24.2. The molecule has 9 heteroatoms. The largest absolute Gasteiger partial charge is 0.465 e. The molecule has 0 aromatic heterocycles. The second-order valence-electron chi connectivity index (χ2n) is 4.46. The number of methoxy groups -OCH3 is 3. The fourth-order valence-electron chi connectivity index (χ4n) is 1.89. The molecule has 0 aliphatic carbocycles. The Hall–Kier alpha value is -2.07. The van der Waals surface area contributed by atoms with Crippen molar-refractivity contribution in [1.82, 2.24) is 4.72 Å². The van der Waals surface area contributed by atoms with Crippen molar-refractivity contribution in [2.45, 2.75) is 11.2 Å². The zero-order valence-electron chi connectivity index (χ0n) is 13.7. The van der Waals surface area contributed by atoms with Crippen LogP contribution >= 0.6 is 0 Å². The SMILES string of the molecule is CNS(=O)(=O)c1ccccc1C=C(C(=O)OC)C(=O)C(OC)OC. The van der Waals surface area contributed by atoms with E-state index >= 15 is 0 Å². The number of nitrogens with one attached hydrogen (secondary N) is 1. The van der Waals surface area contributed by atoms with Gasteiger partial charge in [-0.3, -0.25) is 4.79 Å². The molecule has 1 aromatic carbocycles. The molecule has 0 saturated heterocycles. The van der Waals surface area contributed by atoms with E-state index in [0.29, 0.717) is 0 Å². The molecule has 8 nitrogen and oxygen atoms in total. The number of hydrogen-bond acceptors (Lipinski definition) is 7. The van der Waals surface area contributed by atoms with Crippen molar-refractivity contribution in [3.8, 4) is 0 Å². The second kappa shape index (κ2) is 8.69. The lowest BCUT2D eigenvalue weighted by atomic mass is 10.1. The van der Waals surface area contributed by atoms with Gasteiger partial charge in [-0.1, -0.05) is 18.2 Å². The molecule has 24 heavy (non-hydrogen) atoms. The number of rotatable bonds is 8. The second-order valence-corrected chi connectivity index (χ2v) is 6.32. The average Bonchev–Trinajstić information content (AvgIpc) is 2.60. The van der Waals surface area contributed by atoms with Crippen molar-refractivity contribution in [1.29, 1.82) is 0 Å². The molecule has 1 N–H and O–H groups in total. The van der Waals surface area contributed by atoms with Gasteiger partial charge in [0.2, 0.25) is 22.1 Å². The number of carbonyl (C=O) groups is 2. The van der Waals surface area contributed by atoms with Gasteiger partial charge in [-0.15, -0.1) is 0 Å². The quantitative estimate of drug-likeness (QED) is 0.235. The Morgan fingerprint density at radius 3 is 2.21 bits per heavy atom. The van der Waals surface area contributed by atoms with E-state index in [-0.39, 0.29) is 10.5 Å². The number of carbonyl (C=O) groups excluding carboxylic acids is 2. The third-order valence-electron chi connectivity index (χ3n) is 3.09. The summed E-state index contributed by atoms with van der Waals surface area (Å²) in [6, 6.07) is 5.90. The van der Waals surface area contributed by atoms with Gasteiger partial charge in [-0.05, 0) is 24.8 Å². The van der Waals surface area contributed by atoms with E-state index in [1.54, 1.807) is 6.07 Å². The van der Waals surface area contributed by atoms with E-state index in [2.05, 4.69) is 9.46 Å². The van der Waals surface area contributed by atoms with Crippen molar-refractivity contribution in [2.24, 2.45) is 0 Å². The third kappa shape index (κ3) is 4.48. The highest BCUT2D eigenvalue weighted by Crippen LogP contribution is 2.20. The van der Waals surface area contributed by atoms with Gasteiger partial charge in [0.25, 0.3) is 0 Å². The zero-order valence-corrected chi connectivity index (χ0v) is 14.5. The van der Waals surface area contributed by atoms with Gasteiger partial charge >= 0.3 is 5.97 Å². The molecule has 0 bridgehead atoms. The maximum absolute atomic E-state index is 12.4. The van der Waals surface area contributed by atoms with Crippen LogP contribution in [0.15, 0.2) is 34.7 Å². The van der Waals surface area contributed by atoms with Crippen LogP contribution in [-0.2, 0) is 33.8 Å². The smallest absolute Gasteiger partial charge is 0.341 e. The Bertz CT molecular complexity index is 736. The lowest BCUT2D eigenvalue weighted by Crippen LogP contribution is -2.30. The molecule has 0 saturated carbocycles. The molecular weight excluding hydrogens is 338 g/mol. The topological polar surface area (TPSA) is 108 Å². The summed E-state index contributed by atoms with van der Waals surface area (Å²) in [5.41, 5.74) is -0.253. The monoisotopic (exact) mass is 357 g/mol. The number of sulfonamides is 1. The summed E-state index contributed by atoms with van der Waals surface area (Å²) in [7, 11) is 1.05. The Morgan fingerprint density at radius 1 is 1.12 bits per heavy atom. The van der Waals surface area contributed by atoms with E-state index in [1.807, 2.05) is 0 Å². The van der Waals surface area contributed by atoms with Gasteiger partial charge in [0, 0.05) is 14.2 Å². The zero-order chi connectivity index (χ0) is 18.3. The number of hydrogen-bond donors (Lipinski definition) is 1. The van der Waals surface area contributed by atoms with E-state index in [0.717, 1.165) is 13.2 Å². The summed E-state index contributed by atoms with van der Waals surface area (Å²) in [6.07, 6.45) is -0.188. The lowest BCUT2D eigenvalue weighted by Gasteiger charge is -2.14. The first-order valence-corrected chi connectivity index (χ1v) is 8.23. The number of ether oxygens (including phenoxy) is 3. The van der Waals surface area contributed by atoms with Crippen LogP contribution in [0.1, 0.15) is 5.56 Å². The maximum atomic E-state index is 12.4. The Morgan fingerprint density at radius 2 is 1.71 bits per heavy atom. The molecule has 1 aromatic rings. The average molecular weight is 357 g/mol. The predicted octanol–water partition coefficient (Wildman–Crippen LogP) is 0.339. The minimum atomic E-state index is -3.78. The van der Waals surface area contributed by atoms with Crippen LogP contribution < -0.4 is 4.72 Å². The van der Waals surface area contributed by atoms with E-state index in [4.69, 9.17) is 9.47 Å². The number of Topliss-reactive ketones (excluding diaryl/α,β-unsaturated/α-hetero) is 1. The van der Waals surface area contributed by atoms with Crippen molar-refractivity contribution in [3.05, 3.63) is 35.4 Å². The first kappa shape index (κ1) is 20.0. The summed E-state index contributed by atoms with van der Waals surface area (Å²) in [6.45, 7) is 0. The van der Waals surface area contributed by atoms with Crippen molar-refractivity contribution in [3.63, 3.8) is 0 Å². The molecule has 0 heterocycles. The van der Waals surface area contributed by atoms with Gasteiger partial charge < -0.3 is 14.2 Å². The summed E-state index contributed by atoms with van der Waals surface area (Å²) in [5, 5.41) is 0. The highest BCUT2D eigenvalue weighted by Gasteiger charge is 2.28. The van der Waals surface area contributed by atoms with E-state index in [1.165, 1.54) is 39.5 Å². The van der Waals surface area contributed by atoms with Crippen LogP contribution in [0.2, 0.25) is 0 Å². The fourth-order valence-corrected chi connectivity index (χ4v) is 2.80. The molecule has 0 unspecified atom stereocenters. The molecule has 1 rings (SSSR count). The fraction of sp³-hybridized carbons (Fsp3) is 0.333. The van der Waals surface area contributed by atoms with Crippen LogP contribution in [0.5, 0.6) is 0 Å². The summed E-state index contributed by atoms with van der Waals surface area (Å²) < 4.78 is 40.6. The van der Waals surface area contributed by atoms with Gasteiger partial charge in [0.15, 0.2) is 0 Å². The number of ketones is 1. The molecule has 0 spiro atoms. The summed E-state index contributed by atoms with van der Waals surface area (Å²) >= 11 is 0. The molecule has 132 valence electrons. The highest BCUT2D eigenvalue weighted by atomic mass is 32.2. The first-order chi connectivity index (χ1) is 11.3. The van der Waals surface area contributed by atoms with Crippen LogP contribution in [0.3, 0.4) is 0 Å². The molecule has 0 atom stereocenters. The highest BCUT2D eigenvalue weighted by molar-refractivity contribution is 7.89. The Balaban J connectivity index is 3.51. The Kier molecular flexibility index (Phi) is 7.23. The number of benzene rings is 1. The maximum Gasteiger partial charge on any atom is 0.341 e. The minimum Gasteiger partial charge on any atom is -0.465 e. The first-order valence-electron chi connectivity index (χ1n) is 6.74. The van der Waals surface area contributed by atoms with Gasteiger partial charge in [-0.25, -0.2) is 17.9 Å². The Labute approximate surface area is 140 Å². The third-order valence-corrected chi connectivity index (χ3v) is 4.58. The van der Waals surface area contributed by atoms with Crippen LogP contribution in [0, 0.1) is 0 Å². The van der Waals surface area contributed by atoms with Gasteiger partial charge in [0.1, 0.15) is 5.57 Å². The molecular formula is C15H19NO7S. The summed E-state index contributed by atoms with van der Waals surface area (Å²) in [5.74, 6) is -1.72. The molecule has 0 aliphatic heterocycles. The van der Waals surface area contributed by atoms with Gasteiger partial charge in [-0.2, -0.15) is 0 Å². The molecule has 0 radical (unpaired) electrons. The molecule has 0 amide bonds. The predicted molar refractivity (Wildman–Crippen MR) is 85.5 cm³/mol. The van der Waals surface area contributed by atoms with Crippen LogP contribution in [0.25, 0.3) is 6.08 Å². The van der Waals surface area contributed by atoms with E-state index < -0.39 is 33.6 Å². The molecule has 0 fully saturated rings. The minimum absolute atomic E-state index is 0.0897. The standard InChI is InChI=1S/C15H19NO7S/c1-16-24(19,20)12-8-6-5-7-10(12)9-11(14(18)21-2)13(17)15(22-3)23-4/h5-9,15-16H,1-4H3. The molecule has 0 aliphatic rings. The van der Waals surface area contributed by atoms with Crippen molar-refractivity contribution < 1.29 is 32.2 Å². The van der Waals surface area contributed by atoms with Crippen molar-refractivity contribution in [2.75, 3.05) is 28.4 Å². The lowest BCUT2D eigenvalue weighted by molar-refractivity contribution is -0.155. The van der Waals surface area contributed by atoms with Gasteiger partial charge in [0.05, 0.1) is 12.0 Å². The number of esters is 1.